The molecule has 4 nitrogen and oxygen atoms in total. The maximum Gasteiger partial charge on any atom is 0.224 e. The van der Waals surface area contributed by atoms with Gasteiger partial charge in [0.25, 0.3) is 0 Å². The van der Waals surface area contributed by atoms with Crippen LogP contribution in [0.15, 0.2) is 83.9 Å². The van der Waals surface area contributed by atoms with Gasteiger partial charge in [-0.2, -0.15) is 0 Å². The van der Waals surface area contributed by atoms with Gasteiger partial charge in [-0.1, -0.05) is 42.5 Å². The van der Waals surface area contributed by atoms with Crippen LogP contribution in [0.25, 0.3) is 21.9 Å². The zero-order chi connectivity index (χ0) is 17.8. The van der Waals surface area contributed by atoms with E-state index in [9.17, 15) is 4.79 Å². The number of furan rings is 1. The molecular weight excluding hydrogens is 324 g/mol. The third-order valence-electron chi connectivity index (χ3n) is 4.37. The molecule has 2 aromatic carbocycles. The summed E-state index contributed by atoms with van der Waals surface area (Å²) in [6.45, 7) is 0.447. The van der Waals surface area contributed by atoms with E-state index in [1.54, 1.807) is 24.9 Å². The number of rotatable bonds is 5. The summed E-state index contributed by atoms with van der Waals surface area (Å²) in [7, 11) is 0. The molecule has 0 fully saturated rings. The fourth-order valence-corrected chi connectivity index (χ4v) is 3.05. The van der Waals surface area contributed by atoms with Gasteiger partial charge in [-0.15, -0.1) is 0 Å². The van der Waals surface area contributed by atoms with Crippen LogP contribution in [0.1, 0.15) is 11.1 Å². The second-order valence-electron chi connectivity index (χ2n) is 6.19. The second kappa shape index (κ2) is 7.23. The fourth-order valence-electron chi connectivity index (χ4n) is 3.05. The maximum atomic E-state index is 12.4. The largest absolute Gasteiger partial charge is 0.472 e. The first-order valence-corrected chi connectivity index (χ1v) is 8.49. The molecule has 2 heterocycles. The number of carbonyl (C=O) groups is 1. The van der Waals surface area contributed by atoms with Crippen molar-refractivity contribution < 1.29 is 9.21 Å². The number of fused-ring (bicyclic) bond motifs is 1. The number of hydrogen-bond donors (Lipinski definition) is 1. The van der Waals surface area contributed by atoms with Crippen molar-refractivity contribution >= 4 is 16.7 Å². The molecule has 0 aliphatic rings. The minimum absolute atomic E-state index is 0.00457. The smallest absolute Gasteiger partial charge is 0.224 e. The van der Waals surface area contributed by atoms with E-state index < -0.39 is 0 Å². The number of carbonyl (C=O) groups excluding carboxylic acids is 1. The van der Waals surface area contributed by atoms with Gasteiger partial charge in [0, 0.05) is 30.1 Å². The summed E-state index contributed by atoms with van der Waals surface area (Å²) in [6.07, 6.45) is 7.22. The van der Waals surface area contributed by atoms with Gasteiger partial charge in [0.05, 0.1) is 18.9 Å². The molecule has 0 saturated heterocycles. The van der Waals surface area contributed by atoms with Gasteiger partial charge in [-0.05, 0) is 34.0 Å². The predicted octanol–water partition coefficient (Wildman–Crippen LogP) is 4.35. The van der Waals surface area contributed by atoms with Crippen LogP contribution < -0.4 is 5.32 Å². The molecular formula is C22H18N2O2. The van der Waals surface area contributed by atoms with Crippen LogP contribution in [-0.2, 0) is 17.8 Å². The highest BCUT2D eigenvalue weighted by atomic mass is 16.3. The van der Waals surface area contributed by atoms with E-state index in [0.29, 0.717) is 13.0 Å². The summed E-state index contributed by atoms with van der Waals surface area (Å²) in [4.78, 5) is 16.6. The summed E-state index contributed by atoms with van der Waals surface area (Å²) >= 11 is 0. The average Bonchev–Trinajstić information content (AvgIpc) is 3.22. The second-order valence-corrected chi connectivity index (χ2v) is 6.19. The van der Waals surface area contributed by atoms with Crippen LogP contribution in [0, 0.1) is 0 Å². The molecule has 0 spiro atoms. The van der Waals surface area contributed by atoms with Crippen molar-refractivity contribution in [2.24, 2.45) is 0 Å². The molecule has 2 aromatic heterocycles. The van der Waals surface area contributed by atoms with E-state index in [0.717, 1.165) is 33.0 Å². The van der Waals surface area contributed by atoms with Gasteiger partial charge in [0.1, 0.15) is 0 Å². The van der Waals surface area contributed by atoms with Crippen LogP contribution >= 0.6 is 0 Å². The molecule has 1 N–H and O–H groups in total. The number of nitrogens with one attached hydrogen (secondary N) is 1. The van der Waals surface area contributed by atoms with Gasteiger partial charge in [-0.3, -0.25) is 9.78 Å². The Bertz CT molecular complexity index is 1030. The lowest BCUT2D eigenvalue weighted by molar-refractivity contribution is -0.120. The van der Waals surface area contributed by atoms with Crippen LogP contribution in [-0.4, -0.2) is 10.9 Å². The summed E-state index contributed by atoms with van der Waals surface area (Å²) in [5.74, 6) is -0.00457. The number of benzene rings is 2. The Hall–Kier alpha value is -3.40. The maximum absolute atomic E-state index is 12.4. The topological polar surface area (TPSA) is 55.1 Å². The predicted molar refractivity (Wildman–Crippen MR) is 101 cm³/mol. The first-order valence-electron chi connectivity index (χ1n) is 8.49. The third-order valence-corrected chi connectivity index (χ3v) is 4.37. The van der Waals surface area contributed by atoms with E-state index in [1.807, 2.05) is 36.4 Å². The number of nitrogens with zero attached hydrogens (tertiary/aromatic N) is 1. The quantitative estimate of drug-likeness (QED) is 0.586. The molecule has 4 heteroatoms. The summed E-state index contributed by atoms with van der Waals surface area (Å²) < 4.78 is 5.11. The Morgan fingerprint density at radius 3 is 2.77 bits per heavy atom. The highest BCUT2D eigenvalue weighted by molar-refractivity contribution is 5.90. The lowest BCUT2D eigenvalue weighted by Gasteiger charge is -2.08. The molecule has 128 valence electrons. The van der Waals surface area contributed by atoms with Crippen LogP contribution in [0.5, 0.6) is 0 Å². The van der Waals surface area contributed by atoms with Gasteiger partial charge < -0.3 is 9.73 Å². The highest BCUT2D eigenvalue weighted by Gasteiger charge is 2.08. The Morgan fingerprint density at radius 1 is 1.00 bits per heavy atom. The van der Waals surface area contributed by atoms with Crippen LogP contribution in [0.4, 0.5) is 0 Å². The number of pyridine rings is 1. The fraction of sp³-hybridized carbons (Fsp3) is 0.0909. The first kappa shape index (κ1) is 16.1. The van der Waals surface area contributed by atoms with E-state index in [-0.39, 0.29) is 5.91 Å². The molecule has 0 saturated carbocycles. The minimum atomic E-state index is -0.00457. The SMILES string of the molecule is O=C(Cc1cccc2ccccc12)NCc1cncc(-c2ccoc2)c1. The highest BCUT2D eigenvalue weighted by Crippen LogP contribution is 2.20. The van der Waals surface area contributed by atoms with E-state index in [4.69, 9.17) is 4.42 Å². The first-order chi connectivity index (χ1) is 12.8. The van der Waals surface area contributed by atoms with E-state index in [2.05, 4.69) is 28.5 Å². The van der Waals surface area contributed by atoms with Gasteiger partial charge in [0.15, 0.2) is 0 Å². The molecule has 0 unspecified atom stereocenters. The molecule has 0 aliphatic carbocycles. The molecule has 0 aliphatic heterocycles. The number of hydrogen-bond acceptors (Lipinski definition) is 3. The normalized spacial score (nSPS) is 10.8. The molecule has 4 aromatic rings. The average molecular weight is 342 g/mol. The monoisotopic (exact) mass is 342 g/mol. The van der Waals surface area contributed by atoms with Gasteiger partial charge in [0.2, 0.25) is 5.91 Å². The van der Waals surface area contributed by atoms with Gasteiger partial charge >= 0.3 is 0 Å². The molecule has 1 amide bonds. The minimum Gasteiger partial charge on any atom is -0.472 e. The Kier molecular flexibility index (Phi) is 4.48. The standard InChI is InChI=1S/C22H18N2O2/c25-22(11-18-6-3-5-17-4-1-2-7-21(17)18)24-13-16-10-20(14-23-12-16)19-8-9-26-15-19/h1-10,12,14-15H,11,13H2,(H,24,25). The Labute approximate surface area is 151 Å². The van der Waals surface area contributed by atoms with Crippen molar-refractivity contribution in [2.75, 3.05) is 0 Å². The number of amides is 1. The van der Waals surface area contributed by atoms with Crippen molar-refractivity contribution in [2.45, 2.75) is 13.0 Å². The summed E-state index contributed by atoms with van der Waals surface area (Å²) in [5, 5.41) is 5.25. The third kappa shape index (κ3) is 3.49. The van der Waals surface area contributed by atoms with Crippen molar-refractivity contribution in [1.29, 1.82) is 0 Å². The molecule has 4 rings (SSSR count). The van der Waals surface area contributed by atoms with Gasteiger partial charge in [-0.25, -0.2) is 0 Å². The van der Waals surface area contributed by atoms with Crippen molar-refractivity contribution in [3.05, 3.63) is 90.6 Å². The lowest BCUT2D eigenvalue weighted by Crippen LogP contribution is -2.24. The summed E-state index contributed by atoms with van der Waals surface area (Å²) in [6, 6.07) is 18.1. The van der Waals surface area contributed by atoms with E-state index >= 15 is 0 Å². The molecule has 0 atom stereocenters. The lowest BCUT2D eigenvalue weighted by atomic mass is 10.0. The van der Waals surface area contributed by atoms with Crippen LogP contribution in [0.3, 0.4) is 0 Å². The Morgan fingerprint density at radius 2 is 1.88 bits per heavy atom. The van der Waals surface area contributed by atoms with Crippen molar-refractivity contribution in [3.63, 3.8) is 0 Å². The Balaban J connectivity index is 1.43. The molecule has 0 bridgehead atoms. The van der Waals surface area contributed by atoms with Crippen molar-refractivity contribution in [3.8, 4) is 11.1 Å². The zero-order valence-electron chi connectivity index (χ0n) is 14.2. The molecule has 26 heavy (non-hydrogen) atoms. The van der Waals surface area contributed by atoms with Crippen LogP contribution in [0.2, 0.25) is 0 Å². The van der Waals surface area contributed by atoms with Crippen molar-refractivity contribution in [1.82, 2.24) is 10.3 Å². The number of aromatic nitrogens is 1. The van der Waals surface area contributed by atoms with E-state index in [1.165, 1.54) is 0 Å². The summed E-state index contributed by atoms with van der Waals surface area (Å²) in [5.41, 5.74) is 3.93. The zero-order valence-corrected chi connectivity index (χ0v) is 14.2. The molecule has 0 radical (unpaired) electrons.